The van der Waals surface area contributed by atoms with Gasteiger partial charge in [-0.2, -0.15) is 0 Å². The zero-order chi connectivity index (χ0) is 28.2. The third-order valence-corrected chi connectivity index (χ3v) is 8.02. The highest BCUT2D eigenvalue weighted by Crippen LogP contribution is 2.40. The minimum Gasteiger partial charge on any atom is -0.508 e. The summed E-state index contributed by atoms with van der Waals surface area (Å²) in [6.07, 6.45) is 2.88. The van der Waals surface area contributed by atoms with Crippen molar-refractivity contribution < 1.29 is 19.0 Å². The average Bonchev–Trinajstić information content (AvgIpc) is 2.91. The van der Waals surface area contributed by atoms with Gasteiger partial charge in [0.2, 0.25) is 0 Å². The Hall–Kier alpha value is -3.25. The fourth-order valence-corrected chi connectivity index (χ4v) is 5.25. The average molecular weight is 535 g/mol. The van der Waals surface area contributed by atoms with E-state index in [-0.39, 0.29) is 17.1 Å². The van der Waals surface area contributed by atoms with Gasteiger partial charge >= 0.3 is 0 Å². The van der Waals surface area contributed by atoms with Crippen LogP contribution in [0.4, 0.5) is 10.1 Å². The monoisotopic (exact) mass is 534 g/mol. The van der Waals surface area contributed by atoms with Gasteiger partial charge in [0, 0.05) is 36.9 Å². The Morgan fingerprint density at radius 3 is 2.51 bits per heavy atom. The highest BCUT2D eigenvalue weighted by Gasteiger charge is 2.25. The Balaban J connectivity index is 1.51. The van der Waals surface area contributed by atoms with Crippen molar-refractivity contribution in [1.29, 1.82) is 0 Å². The molecule has 1 aliphatic carbocycles. The van der Waals surface area contributed by atoms with Gasteiger partial charge in [0.25, 0.3) is 0 Å². The van der Waals surface area contributed by atoms with E-state index in [1.54, 1.807) is 25.3 Å². The molecule has 0 spiro atoms. The summed E-state index contributed by atoms with van der Waals surface area (Å²) in [7, 11) is 3.73. The van der Waals surface area contributed by atoms with E-state index in [4.69, 9.17) is 9.47 Å². The van der Waals surface area contributed by atoms with Crippen molar-refractivity contribution in [3.8, 4) is 17.2 Å². The lowest BCUT2D eigenvalue weighted by Gasteiger charge is -2.32. The van der Waals surface area contributed by atoms with Crippen LogP contribution < -0.4 is 14.4 Å². The summed E-state index contributed by atoms with van der Waals surface area (Å²) in [5.41, 5.74) is 5.86. The molecule has 0 aliphatic heterocycles. The Morgan fingerprint density at radius 1 is 1.03 bits per heavy atom. The number of nitrogens with zero attached hydrogens (tertiary/aromatic N) is 2. The fraction of sp³-hybridized carbons (Fsp3) is 0.455. The van der Waals surface area contributed by atoms with Crippen LogP contribution in [0.2, 0.25) is 0 Å². The van der Waals surface area contributed by atoms with Crippen molar-refractivity contribution in [1.82, 2.24) is 4.90 Å². The fourth-order valence-electron chi connectivity index (χ4n) is 5.25. The van der Waals surface area contributed by atoms with Crippen molar-refractivity contribution in [2.75, 3.05) is 38.8 Å². The molecule has 0 bridgehead atoms. The molecule has 6 heteroatoms. The van der Waals surface area contributed by atoms with Crippen LogP contribution in [0.15, 0.2) is 54.6 Å². The van der Waals surface area contributed by atoms with Crippen molar-refractivity contribution in [2.45, 2.75) is 65.0 Å². The first-order valence-corrected chi connectivity index (χ1v) is 13.9. The molecule has 5 nitrogen and oxygen atoms in total. The van der Waals surface area contributed by atoms with E-state index in [1.165, 1.54) is 16.7 Å². The Morgan fingerprint density at radius 2 is 1.82 bits per heavy atom. The second kappa shape index (κ2) is 12.3. The number of hydrogen-bond acceptors (Lipinski definition) is 5. The third kappa shape index (κ3) is 7.04. The summed E-state index contributed by atoms with van der Waals surface area (Å²) in [5, 5.41) is 9.89. The number of aryl methyl sites for hydroxylation is 1. The first-order valence-electron chi connectivity index (χ1n) is 13.9. The summed E-state index contributed by atoms with van der Waals surface area (Å²) in [6.45, 7) is 11.1. The zero-order valence-corrected chi connectivity index (χ0v) is 24.3. The van der Waals surface area contributed by atoms with Gasteiger partial charge in [-0.05, 0) is 113 Å². The summed E-state index contributed by atoms with van der Waals surface area (Å²) >= 11 is 0. The van der Waals surface area contributed by atoms with E-state index in [9.17, 15) is 5.11 Å². The highest BCUT2D eigenvalue weighted by molar-refractivity contribution is 5.60. The normalized spacial score (nSPS) is 15.2. The van der Waals surface area contributed by atoms with Gasteiger partial charge < -0.3 is 19.5 Å². The van der Waals surface area contributed by atoms with Gasteiger partial charge in [-0.15, -0.1) is 0 Å². The number of benzene rings is 3. The van der Waals surface area contributed by atoms with E-state index in [0.29, 0.717) is 24.8 Å². The number of phenols is 1. The molecule has 1 atom stereocenters. The Bertz CT molecular complexity index is 1270. The number of aromatic hydroxyl groups is 1. The number of halogens is 1. The number of rotatable bonds is 10. The molecule has 0 radical (unpaired) electrons. The van der Waals surface area contributed by atoms with Gasteiger partial charge in [-0.1, -0.05) is 18.2 Å². The topological polar surface area (TPSA) is 45.2 Å². The maximum atomic E-state index is 15.0. The minimum atomic E-state index is -0.333. The highest BCUT2D eigenvalue weighted by atomic mass is 19.1. The quantitative estimate of drug-likeness (QED) is 0.305. The van der Waals surface area contributed by atoms with E-state index in [2.05, 4.69) is 49.6 Å². The molecule has 0 saturated heterocycles. The minimum absolute atomic E-state index is 0.0400. The van der Waals surface area contributed by atoms with Gasteiger partial charge in [0.1, 0.15) is 18.1 Å². The Labute approximate surface area is 233 Å². The second-order valence-electron chi connectivity index (χ2n) is 11.5. The van der Waals surface area contributed by atoms with Crippen molar-refractivity contribution in [2.24, 2.45) is 0 Å². The standard InChI is InChI=1S/C33H43FN2O3/c1-7-36(22-23-8-15-32(30(34)18-23)39-17-16-35(5)33(2,3)4)31-21-28(38-6)13-14-29(31)26-10-9-25-20-27(37)12-11-24(25)19-26/h8,11-15,18,20-21,26,37H,7,9-10,16-17,19,22H2,1-6H3. The molecular weight excluding hydrogens is 491 g/mol. The summed E-state index contributed by atoms with van der Waals surface area (Å²) < 4.78 is 26.4. The molecule has 39 heavy (non-hydrogen) atoms. The van der Waals surface area contributed by atoms with Gasteiger partial charge in [0.15, 0.2) is 11.6 Å². The molecule has 4 rings (SSSR count). The lowest BCUT2D eigenvalue weighted by molar-refractivity contribution is 0.142. The van der Waals surface area contributed by atoms with E-state index in [0.717, 1.165) is 49.4 Å². The molecule has 0 amide bonds. The molecule has 0 saturated carbocycles. The maximum absolute atomic E-state index is 15.0. The number of ether oxygens (including phenoxy) is 2. The predicted octanol–water partition coefficient (Wildman–Crippen LogP) is 6.95. The first-order chi connectivity index (χ1) is 18.6. The van der Waals surface area contributed by atoms with E-state index in [1.807, 2.05) is 31.3 Å². The summed E-state index contributed by atoms with van der Waals surface area (Å²) in [6, 6.07) is 17.3. The van der Waals surface area contributed by atoms with Crippen molar-refractivity contribution >= 4 is 5.69 Å². The summed E-state index contributed by atoms with van der Waals surface area (Å²) in [4.78, 5) is 4.48. The SMILES string of the molecule is CCN(Cc1ccc(OCCN(C)C(C)(C)C)c(F)c1)c1cc(OC)ccc1C1CCc2cc(O)ccc2C1. The zero-order valence-electron chi connectivity index (χ0n) is 24.3. The molecule has 0 fully saturated rings. The number of fused-ring (bicyclic) bond motifs is 1. The largest absolute Gasteiger partial charge is 0.508 e. The van der Waals surface area contributed by atoms with Crippen LogP contribution in [0.1, 0.15) is 62.3 Å². The van der Waals surface area contributed by atoms with Crippen LogP contribution in [0.3, 0.4) is 0 Å². The molecular formula is C33H43FN2O3. The lowest BCUT2D eigenvalue weighted by atomic mass is 9.79. The van der Waals surface area contributed by atoms with Gasteiger partial charge in [-0.25, -0.2) is 4.39 Å². The van der Waals surface area contributed by atoms with E-state index >= 15 is 4.39 Å². The van der Waals surface area contributed by atoms with Gasteiger partial charge in [-0.3, -0.25) is 4.90 Å². The third-order valence-electron chi connectivity index (χ3n) is 8.02. The maximum Gasteiger partial charge on any atom is 0.165 e. The summed E-state index contributed by atoms with van der Waals surface area (Å²) in [5.74, 6) is 1.45. The molecule has 1 N–H and O–H groups in total. The van der Waals surface area contributed by atoms with Crippen molar-refractivity contribution in [3.05, 3.63) is 82.7 Å². The van der Waals surface area contributed by atoms with Crippen LogP contribution in [0.25, 0.3) is 0 Å². The number of hydrogen-bond donors (Lipinski definition) is 1. The predicted molar refractivity (Wildman–Crippen MR) is 157 cm³/mol. The van der Waals surface area contributed by atoms with Crippen molar-refractivity contribution in [3.63, 3.8) is 0 Å². The molecule has 0 heterocycles. The smallest absolute Gasteiger partial charge is 0.165 e. The molecule has 0 aromatic heterocycles. The molecule has 1 unspecified atom stereocenters. The Kier molecular flexibility index (Phi) is 9.06. The van der Waals surface area contributed by atoms with Crippen LogP contribution in [-0.2, 0) is 19.4 Å². The molecule has 210 valence electrons. The van der Waals surface area contributed by atoms with Crippen LogP contribution in [0, 0.1) is 5.82 Å². The lowest BCUT2D eigenvalue weighted by Crippen LogP contribution is -2.40. The van der Waals surface area contributed by atoms with Gasteiger partial charge in [0.05, 0.1) is 7.11 Å². The van der Waals surface area contributed by atoms with E-state index < -0.39 is 0 Å². The molecule has 1 aliphatic rings. The molecule has 3 aromatic carbocycles. The second-order valence-corrected chi connectivity index (χ2v) is 11.5. The van der Waals surface area contributed by atoms with Crippen LogP contribution in [-0.4, -0.2) is 49.4 Å². The first kappa shape index (κ1) is 28.8. The number of likely N-dealkylation sites (N-methyl/N-ethyl adjacent to an activating group) is 1. The van der Waals surface area contributed by atoms with Crippen LogP contribution >= 0.6 is 0 Å². The number of phenolic OH excluding ortho intramolecular Hbond substituents is 1. The molecule has 3 aromatic rings. The number of methoxy groups -OCH3 is 1. The van der Waals surface area contributed by atoms with Crippen LogP contribution in [0.5, 0.6) is 17.2 Å². The number of anilines is 1.